The maximum atomic E-state index is 13.8. The van der Waals surface area contributed by atoms with Gasteiger partial charge in [0.2, 0.25) is 0 Å². The molecule has 3 aromatic rings. The molecule has 0 bridgehead atoms. The second kappa shape index (κ2) is 8.77. The second-order valence-corrected chi connectivity index (χ2v) is 8.85. The highest BCUT2D eigenvalue weighted by Gasteiger charge is 2.22. The number of halogens is 5. The van der Waals surface area contributed by atoms with E-state index in [9.17, 15) is 22.0 Å². The van der Waals surface area contributed by atoms with Crippen LogP contribution in [0.1, 0.15) is 10.4 Å². The summed E-state index contributed by atoms with van der Waals surface area (Å²) in [4.78, 5) is 12.0. The van der Waals surface area contributed by atoms with Crippen molar-refractivity contribution in [2.75, 3.05) is 10.0 Å². The molecule has 0 saturated heterocycles. The minimum Gasteiger partial charge on any atom is -0.319 e. The van der Waals surface area contributed by atoms with E-state index in [0.717, 1.165) is 18.2 Å². The molecule has 30 heavy (non-hydrogen) atoms. The number of nitrogens with one attached hydrogen (secondary N) is 2. The third-order valence-corrected chi connectivity index (χ3v) is 6.25. The zero-order chi connectivity index (χ0) is 22.1. The van der Waals surface area contributed by atoms with Crippen molar-refractivity contribution in [3.05, 3.63) is 86.9 Å². The van der Waals surface area contributed by atoms with Crippen LogP contribution in [0.2, 0.25) is 15.1 Å². The highest BCUT2D eigenvalue weighted by Crippen LogP contribution is 2.30. The van der Waals surface area contributed by atoms with Crippen LogP contribution >= 0.6 is 34.8 Å². The van der Waals surface area contributed by atoms with Crippen LogP contribution in [-0.2, 0) is 10.0 Å². The zero-order valence-electron chi connectivity index (χ0n) is 14.7. The Morgan fingerprint density at radius 2 is 1.53 bits per heavy atom. The van der Waals surface area contributed by atoms with E-state index < -0.39 is 32.5 Å². The molecule has 0 fully saturated rings. The molecular weight excluding hydrogens is 481 g/mol. The van der Waals surface area contributed by atoms with Crippen molar-refractivity contribution < 1.29 is 22.0 Å². The summed E-state index contributed by atoms with van der Waals surface area (Å²) in [5.41, 5.74) is -0.381. The van der Waals surface area contributed by atoms with Crippen LogP contribution in [0.3, 0.4) is 0 Å². The van der Waals surface area contributed by atoms with Crippen LogP contribution in [0, 0.1) is 11.6 Å². The molecular formula is C19H11Cl3F2N2O3S. The Labute approximate surface area is 185 Å². The van der Waals surface area contributed by atoms with E-state index in [1.54, 1.807) is 0 Å². The van der Waals surface area contributed by atoms with Gasteiger partial charge >= 0.3 is 0 Å². The quantitative estimate of drug-likeness (QED) is 0.461. The van der Waals surface area contributed by atoms with E-state index in [-0.39, 0.29) is 32.0 Å². The third kappa shape index (κ3) is 5.02. The first kappa shape index (κ1) is 22.3. The first-order chi connectivity index (χ1) is 14.1. The SMILES string of the molecule is O=C(Nc1ccc(F)cc1F)c1ccc(Cl)c(S(=O)(=O)Nc2cc(Cl)ccc2Cl)c1. The van der Waals surface area contributed by atoms with Gasteiger partial charge in [-0.25, -0.2) is 17.2 Å². The molecule has 3 aromatic carbocycles. The molecule has 0 saturated carbocycles. The Bertz CT molecular complexity index is 1250. The lowest BCUT2D eigenvalue weighted by Gasteiger charge is -2.13. The largest absolute Gasteiger partial charge is 0.319 e. The maximum absolute atomic E-state index is 13.8. The second-order valence-electron chi connectivity index (χ2n) is 5.95. The van der Waals surface area contributed by atoms with E-state index in [0.29, 0.717) is 6.07 Å². The summed E-state index contributed by atoms with van der Waals surface area (Å²) >= 11 is 17.9. The fourth-order valence-corrected chi connectivity index (χ4v) is 4.40. The Morgan fingerprint density at radius 1 is 0.833 bits per heavy atom. The van der Waals surface area contributed by atoms with Gasteiger partial charge in [0.15, 0.2) is 0 Å². The van der Waals surface area contributed by atoms with E-state index >= 15 is 0 Å². The van der Waals surface area contributed by atoms with Crippen molar-refractivity contribution in [1.82, 2.24) is 0 Å². The molecule has 0 aliphatic rings. The van der Waals surface area contributed by atoms with Gasteiger partial charge in [-0.05, 0) is 48.5 Å². The number of rotatable bonds is 5. The Morgan fingerprint density at radius 3 is 2.23 bits per heavy atom. The molecule has 0 spiro atoms. The Hall–Kier alpha value is -2.39. The molecule has 2 N–H and O–H groups in total. The predicted molar refractivity (Wildman–Crippen MR) is 113 cm³/mol. The van der Waals surface area contributed by atoms with Crippen LogP contribution in [0.5, 0.6) is 0 Å². The topological polar surface area (TPSA) is 75.3 Å². The average molecular weight is 492 g/mol. The van der Waals surface area contributed by atoms with Gasteiger partial charge in [-0.2, -0.15) is 0 Å². The highest BCUT2D eigenvalue weighted by molar-refractivity contribution is 7.92. The van der Waals surface area contributed by atoms with Gasteiger partial charge in [0.05, 0.1) is 21.4 Å². The maximum Gasteiger partial charge on any atom is 0.263 e. The highest BCUT2D eigenvalue weighted by atomic mass is 35.5. The summed E-state index contributed by atoms with van der Waals surface area (Å²) in [6.07, 6.45) is 0. The molecule has 0 atom stereocenters. The number of amides is 1. The van der Waals surface area contributed by atoms with Crippen LogP contribution in [0.15, 0.2) is 59.5 Å². The third-order valence-electron chi connectivity index (χ3n) is 3.83. The minimum absolute atomic E-state index is 0.0171. The summed E-state index contributed by atoms with van der Waals surface area (Å²) < 4.78 is 54.6. The van der Waals surface area contributed by atoms with Crippen molar-refractivity contribution in [3.63, 3.8) is 0 Å². The summed E-state index contributed by atoms with van der Waals surface area (Å²) in [5.74, 6) is -2.62. The Kier molecular flexibility index (Phi) is 6.52. The molecule has 0 heterocycles. The van der Waals surface area contributed by atoms with E-state index in [4.69, 9.17) is 34.8 Å². The van der Waals surface area contributed by atoms with Crippen molar-refractivity contribution in [2.45, 2.75) is 4.90 Å². The predicted octanol–water partition coefficient (Wildman–Crippen LogP) is 5.98. The molecule has 11 heteroatoms. The number of hydrogen-bond donors (Lipinski definition) is 2. The molecule has 0 unspecified atom stereocenters. The van der Waals surface area contributed by atoms with Gasteiger partial charge in [-0.15, -0.1) is 0 Å². The lowest BCUT2D eigenvalue weighted by molar-refractivity contribution is 0.102. The summed E-state index contributed by atoms with van der Waals surface area (Å²) in [5, 5.41) is 2.42. The van der Waals surface area contributed by atoms with Crippen LogP contribution in [-0.4, -0.2) is 14.3 Å². The fraction of sp³-hybridized carbons (Fsp3) is 0. The lowest BCUT2D eigenvalue weighted by atomic mass is 10.2. The summed E-state index contributed by atoms with van der Waals surface area (Å²) in [6.45, 7) is 0. The molecule has 156 valence electrons. The number of anilines is 2. The monoisotopic (exact) mass is 490 g/mol. The van der Waals surface area contributed by atoms with Crippen LogP contribution < -0.4 is 10.0 Å². The number of benzene rings is 3. The number of carbonyl (C=O) groups excluding carboxylic acids is 1. The molecule has 0 aromatic heterocycles. The van der Waals surface area contributed by atoms with Crippen LogP contribution in [0.25, 0.3) is 0 Å². The van der Waals surface area contributed by atoms with Gasteiger partial charge in [0, 0.05) is 16.7 Å². The molecule has 0 aliphatic carbocycles. The smallest absolute Gasteiger partial charge is 0.263 e. The van der Waals surface area contributed by atoms with E-state index in [1.807, 2.05) is 0 Å². The zero-order valence-corrected chi connectivity index (χ0v) is 17.8. The van der Waals surface area contributed by atoms with Crippen molar-refractivity contribution in [2.24, 2.45) is 0 Å². The molecule has 1 amide bonds. The molecule has 5 nitrogen and oxygen atoms in total. The normalized spacial score (nSPS) is 11.2. The lowest BCUT2D eigenvalue weighted by Crippen LogP contribution is -2.17. The molecule has 3 rings (SSSR count). The Balaban J connectivity index is 1.92. The standard InChI is InChI=1S/C19H11Cl3F2N2O3S/c20-11-2-5-13(21)17(8-11)26-30(28,29)18-7-10(1-4-14(18)22)19(27)25-16-6-3-12(23)9-15(16)24/h1-9,26H,(H,25,27). The van der Waals surface area contributed by atoms with E-state index in [2.05, 4.69) is 10.0 Å². The summed E-state index contributed by atoms with van der Waals surface area (Å²) in [6, 6.07) is 10.3. The first-order valence-electron chi connectivity index (χ1n) is 8.10. The van der Waals surface area contributed by atoms with E-state index in [1.165, 1.54) is 30.3 Å². The minimum atomic E-state index is -4.25. The van der Waals surface area contributed by atoms with Gasteiger partial charge in [0.1, 0.15) is 16.5 Å². The van der Waals surface area contributed by atoms with Crippen molar-refractivity contribution in [3.8, 4) is 0 Å². The number of carbonyl (C=O) groups is 1. The summed E-state index contributed by atoms with van der Waals surface area (Å²) in [7, 11) is -4.25. The molecule has 0 aliphatic heterocycles. The fourth-order valence-electron chi connectivity index (χ4n) is 2.41. The van der Waals surface area contributed by atoms with Gasteiger partial charge in [-0.3, -0.25) is 9.52 Å². The van der Waals surface area contributed by atoms with Gasteiger partial charge in [0.25, 0.3) is 15.9 Å². The van der Waals surface area contributed by atoms with Crippen LogP contribution in [0.4, 0.5) is 20.2 Å². The number of hydrogen-bond acceptors (Lipinski definition) is 3. The first-order valence-corrected chi connectivity index (χ1v) is 10.7. The molecule has 0 radical (unpaired) electrons. The van der Waals surface area contributed by atoms with Gasteiger partial charge < -0.3 is 5.32 Å². The number of sulfonamides is 1. The van der Waals surface area contributed by atoms with Crippen molar-refractivity contribution in [1.29, 1.82) is 0 Å². The average Bonchev–Trinajstić information content (AvgIpc) is 2.67. The van der Waals surface area contributed by atoms with Crippen molar-refractivity contribution >= 4 is 62.1 Å². The van der Waals surface area contributed by atoms with Gasteiger partial charge in [-0.1, -0.05) is 34.8 Å².